The fourth-order valence-electron chi connectivity index (χ4n) is 1.74. The number of nitrogens with one attached hydrogen (secondary N) is 1. The first kappa shape index (κ1) is 17.0. The maximum absolute atomic E-state index is 12.2. The maximum atomic E-state index is 12.2. The van der Waals surface area contributed by atoms with E-state index >= 15 is 0 Å². The lowest BCUT2D eigenvalue weighted by molar-refractivity contribution is -0.131. The van der Waals surface area contributed by atoms with Gasteiger partial charge in [0.05, 0.1) is 0 Å². The van der Waals surface area contributed by atoms with E-state index in [4.69, 9.17) is 5.11 Å². The predicted octanol–water partition coefficient (Wildman–Crippen LogP) is 3.11. The summed E-state index contributed by atoms with van der Waals surface area (Å²) in [7, 11) is 0. The van der Waals surface area contributed by atoms with E-state index in [2.05, 4.69) is 26.1 Å². The van der Waals surface area contributed by atoms with Crippen LogP contribution in [0, 0.1) is 18.8 Å². The van der Waals surface area contributed by atoms with E-state index in [1.165, 1.54) is 6.08 Å². The van der Waals surface area contributed by atoms with Gasteiger partial charge in [-0.1, -0.05) is 32.9 Å². The molecule has 0 radical (unpaired) electrons. The summed E-state index contributed by atoms with van der Waals surface area (Å²) in [5, 5.41) is 11.6. The molecule has 0 saturated heterocycles. The molecule has 2 N–H and O–H groups in total. The monoisotopic (exact) mass is 289 g/mol. The Morgan fingerprint density at radius 1 is 1.29 bits per heavy atom. The van der Waals surface area contributed by atoms with E-state index in [1.54, 1.807) is 12.1 Å². The van der Waals surface area contributed by atoms with Crippen LogP contribution in [0.2, 0.25) is 0 Å². The average Bonchev–Trinajstić information content (AvgIpc) is 2.43. The van der Waals surface area contributed by atoms with Crippen LogP contribution in [0.5, 0.6) is 0 Å². The summed E-state index contributed by atoms with van der Waals surface area (Å²) >= 11 is 0. The minimum Gasteiger partial charge on any atom is -0.478 e. The van der Waals surface area contributed by atoms with Crippen LogP contribution in [-0.4, -0.2) is 23.5 Å². The quantitative estimate of drug-likeness (QED) is 0.791. The molecule has 0 saturated carbocycles. The largest absolute Gasteiger partial charge is 0.478 e. The Balaban J connectivity index is 2.83. The number of aliphatic carboxylic acids is 1. The first-order valence-corrected chi connectivity index (χ1v) is 7.11. The molecule has 1 amide bonds. The molecule has 1 aromatic carbocycles. The van der Waals surface area contributed by atoms with Crippen LogP contribution < -0.4 is 5.32 Å². The molecular formula is C17H23NO3. The number of carboxylic acids is 1. The molecule has 1 aromatic rings. The van der Waals surface area contributed by atoms with Gasteiger partial charge in [0.15, 0.2) is 0 Å². The van der Waals surface area contributed by atoms with Crippen LogP contribution in [-0.2, 0) is 4.79 Å². The highest BCUT2D eigenvalue weighted by molar-refractivity contribution is 5.96. The number of rotatable bonds is 6. The maximum Gasteiger partial charge on any atom is 0.328 e. The van der Waals surface area contributed by atoms with Gasteiger partial charge >= 0.3 is 5.97 Å². The van der Waals surface area contributed by atoms with Crippen LogP contribution >= 0.6 is 0 Å². The fraction of sp³-hybridized carbons (Fsp3) is 0.412. The smallest absolute Gasteiger partial charge is 0.328 e. The standard InChI is InChI=1S/C17H23NO3/c1-11(2)13(4)10-18-17(21)15-9-14(6-5-12(15)3)7-8-16(19)20/h5-9,11,13H,10H2,1-4H3,(H,18,21)(H,19,20). The lowest BCUT2D eigenvalue weighted by atomic mass is 9.98. The number of hydrogen-bond acceptors (Lipinski definition) is 2. The topological polar surface area (TPSA) is 66.4 Å². The highest BCUT2D eigenvalue weighted by Crippen LogP contribution is 2.14. The molecule has 4 heteroatoms. The Morgan fingerprint density at radius 2 is 1.95 bits per heavy atom. The van der Waals surface area contributed by atoms with Crippen molar-refractivity contribution in [2.45, 2.75) is 27.7 Å². The zero-order valence-electron chi connectivity index (χ0n) is 13.0. The second-order valence-electron chi connectivity index (χ2n) is 5.68. The van der Waals surface area contributed by atoms with Gasteiger partial charge in [-0.3, -0.25) is 4.79 Å². The minimum atomic E-state index is -1.01. The normalized spacial score (nSPS) is 12.6. The highest BCUT2D eigenvalue weighted by atomic mass is 16.4. The molecule has 114 valence electrons. The van der Waals surface area contributed by atoms with Gasteiger partial charge in [0.25, 0.3) is 5.91 Å². The molecule has 0 aliphatic rings. The SMILES string of the molecule is Cc1ccc(C=CC(=O)O)cc1C(=O)NCC(C)C(C)C. The molecule has 4 nitrogen and oxygen atoms in total. The number of aryl methyl sites for hydroxylation is 1. The van der Waals surface area contributed by atoms with Crippen molar-refractivity contribution in [3.05, 3.63) is 41.0 Å². The Labute approximate surface area is 125 Å². The molecule has 21 heavy (non-hydrogen) atoms. The van der Waals surface area contributed by atoms with Crippen LogP contribution in [0.1, 0.15) is 42.3 Å². The van der Waals surface area contributed by atoms with Gasteiger partial charge in [-0.2, -0.15) is 0 Å². The van der Waals surface area contributed by atoms with Crippen LogP contribution in [0.4, 0.5) is 0 Å². The van der Waals surface area contributed by atoms with Gasteiger partial charge < -0.3 is 10.4 Å². The van der Waals surface area contributed by atoms with Crippen molar-refractivity contribution in [1.82, 2.24) is 5.32 Å². The fourth-order valence-corrected chi connectivity index (χ4v) is 1.74. The summed E-state index contributed by atoms with van der Waals surface area (Å²) in [6.45, 7) is 8.85. The third-order valence-corrected chi connectivity index (χ3v) is 3.65. The van der Waals surface area contributed by atoms with E-state index in [1.807, 2.05) is 13.0 Å². The molecule has 0 aliphatic carbocycles. The highest BCUT2D eigenvalue weighted by Gasteiger charge is 2.12. The lowest BCUT2D eigenvalue weighted by Crippen LogP contribution is -2.30. The van der Waals surface area contributed by atoms with E-state index in [-0.39, 0.29) is 5.91 Å². The van der Waals surface area contributed by atoms with Crippen molar-refractivity contribution in [3.8, 4) is 0 Å². The summed E-state index contributed by atoms with van der Waals surface area (Å²) in [6, 6.07) is 5.33. The van der Waals surface area contributed by atoms with Gasteiger partial charge in [0.2, 0.25) is 0 Å². The number of carbonyl (C=O) groups excluding carboxylic acids is 1. The zero-order chi connectivity index (χ0) is 16.0. The van der Waals surface area contributed by atoms with Crippen molar-refractivity contribution in [2.75, 3.05) is 6.54 Å². The van der Waals surface area contributed by atoms with E-state index in [0.29, 0.717) is 29.5 Å². The van der Waals surface area contributed by atoms with Gasteiger partial charge in [0.1, 0.15) is 0 Å². The summed E-state index contributed by atoms with van der Waals surface area (Å²) in [5.41, 5.74) is 2.15. The number of benzene rings is 1. The molecular weight excluding hydrogens is 266 g/mol. The molecule has 0 fully saturated rings. The van der Waals surface area contributed by atoms with Crippen LogP contribution in [0.3, 0.4) is 0 Å². The second-order valence-corrected chi connectivity index (χ2v) is 5.68. The first-order chi connectivity index (χ1) is 9.81. The molecule has 1 unspecified atom stereocenters. The molecule has 0 aliphatic heterocycles. The molecule has 0 bridgehead atoms. The molecule has 0 heterocycles. The zero-order valence-corrected chi connectivity index (χ0v) is 13.0. The number of amides is 1. The van der Waals surface area contributed by atoms with E-state index in [9.17, 15) is 9.59 Å². The number of carboxylic acid groups (broad SMARTS) is 1. The molecule has 1 rings (SSSR count). The summed E-state index contributed by atoms with van der Waals surface area (Å²) < 4.78 is 0. The molecule has 0 aromatic heterocycles. The number of hydrogen-bond donors (Lipinski definition) is 2. The van der Waals surface area contributed by atoms with Gasteiger partial charge in [-0.15, -0.1) is 0 Å². The minimum absolute atomic E-state index is 0.120. The van der Waals surface area contributed by atoms with Gasteiger partial charge in [-0.05, 0) is 42.0 Å². The number of carbonyl (C=O) groups is 2. The van der Waals surface area contributed by atoms with Gasteiger partial charge in [-0.25, -0.2) is 4.79 Å². The van der Waals surface area contributed by atoms with E-state index < -0.39 is 5.97 Å². The Morgan fingerprint density at radius 3 is 2.52 bits per heavy atom. The van der Waals surface area contributed by atoms with Crippen molar-refractivity contribution >= 4 is 18.0 Å². The Kier molecular flexibility index (Phi) is 6.15. The molecule has 1 atom stereocenters. The first-order valence-electron chi connectivity index (χ1n) is 7.11. The van der Waals surface area contributed by atoms with E-state index in [0.717, 1.165) is 11.6 Å². The third kappa shape index (κ3) is 5.42. The average molecular weight is 289 g/mol. The van der Waals surface area contributed by atoms with Crippen LogP contribution in [0.25, 0.3) is 6.08 Å². The second kappa shape index (κ2) is 7.62. The van der Waals surface area contributed by atoms with Crippen LogP contribution in [0.15, 0.2) is 24.3 Å². The van der Waals surface area contributed by atoms with Crippen molar-refractivity contribution < 1.29 is 14.7 Å². The summed E-state index contributed by atoms with van der Waals surface area (Å²) in [5.74, 6) is -0.210. The van der Waals surface area contributed by atoms with Crippen molar-refractivity contribution in [2.24, 2.45) is 11.8 Å². The lowest BCUT2D eigenvalue weighted by Gasteiger charge is -2.16. The van der Waals surface area contributed by atoms with Gasteiger partial charge in [0, 0.05) is 18.2 Å². The third-order valence-electron chi connectivity index (χ3n) is 3.65. The van der Waals surface area contributed by atoms with Crippen molar-refractivity contribution in [3.63, 3.8) is 0 Å². The van der Waals surface area contributed by atoms with Crippen molar-refractivity contribution in [1.29, 1.82) is 0 Å². The molecule has 0 spiro atoms. The predicted molar refractivity (Wildman–Crippen MR) is 84.2 cm³/mol. The summed E-state index contributed by atoms with van der Waals surface area (Å²) in [6.07, 6.45) is 2.54. The Hall–Kier alpha value is -2.10. The summed E-state index contributed by atoms with van der Waals surface area (Å²) in [4.78, 5) is 22.8. The Bertz CT molecular complexity index is 547.